The second-order valence-corrected chi connectivity index (χ2v) is 5.39. The molecule has 18 heavy (non-hydrogen) atoms. The van der Waals surface area contributed by atoms with Crippen LogP contribution in [-0.4, -0.2) is 23.1 Å². The monoisotopic (exact) mass is 250 g/mol. The second kappa shape index (κ2) is 5.12. The molecule has 0 saturated heterocycles. The van der Waals surface area contributed by atoms with Crippen molar-refractivity contribution in [2.45, 2.75) is 45.4 Å². The molecule has 2 rings (SSSR count). The molecular formula is C14H18O4. The highest BCUT2D eigenvalue weighted by Crippen LogP contribution is 2.33. The van der Waals surface area contributed by atoms with Crippen molar-refractivity contribution in [3.63, 3.8) is 0 Å². The molecule has 0 atom stereocenters. The normalized spacial score (nSPS) is 24.1. The number of Topliss-reactive ketones (excluding diaryl/α,β-unsaturated/α-hetero) is 4. The standard InChI is InChI=1S/C14H18O4/c1-8(13-9(15)4-2-5-10(13)16)14-11(17)6-3-7-12(14)18/h8,13-14H,2-7H2,1H3. The molecule has 0 unspecified atom stereocenters. The van der Waals surface area contributed by atoms with Crippen molar-refractivity contribution < 1.29 is 19.2 Å². The summed E-state index contributed by atoms with van der Waals surface area (Å²) in [4.78, 5) is 47.4. The summed E-state index contributed by atoms with van der Waals surface area (Å²) < 4.78 is 0. The number of ketones is 4. The van der Waals surface area contributed by atoms with Crippen LogP contribution in [0.25, 0.3) is 0 Å². The molecule has 2 fully saturated rings. The van der Waals surface area contributed by atoms with Crippen LogP contribution in [0.3, 0.4) is 0 Å². The average Bonchev–Trinajstić information content (AvgIpc) is 2.28. The molecule has 0 aromatic rings. The molecule has 0 amide bonds. The van der Waals surface area contributed by atoms with E-state index in [4.69, 9.17) is 0 Å². The van der Waals surface area contributed by atoms with Gasteiger partial charge in [-0.25, -0.2) is 0 Å². The molecule has 0 bridgehead atoms. The summed E-state index contributed by atoms with van der Waals surface area (Å²) in [7, 11) is 0. The Bertz CT molecular complexity index is 340. The van der Waals surface area contributed by atoms with Crippen molar-refractivity contribution in [3.8, 4) is 0 Å². The molecule has 0 aliphatic heterocycles. The molecule has 0 heterocycles. The van der Waals surface area contributed by atoms with Crippen LogP contribution in [0.2, 0.25) is 0 Å². The Kier molecular flexibility index (Phi) is 3.73. The Morgan fingerprint density at radius 1 is 0.722 bits per heavy atom. The molecule has 2 saturated carbocycles. The zero-order chi connectivity index (χ0) is 13.3. The van der Waals surface area contributed by atoms with Crippen LogP contribution in [0.4, 0.5) is 0 Å². The van der Waals surface area contributed by atoms with Crippen LogP contribution >= 0.6 is 0 Å². The number of rotatable bonds is 2. The number of hydrogen-bond donors (Lipinski definition) is 0. The van der Waals surface area contributed by atoms with Crippen molar-refractivity contribution in [2.75, 3.05) is 0 Å². The predicted molar refractivity (Wildman–Crippen MR) is 63.9 cm³/mol. The fraction of sp³-hybridized carbons (Fsp3) is 0.714. The van der Waals surface area contributed by atoms with Crippen molar-refractivity contribution in [1.82, 2.24) is 0 Å². The molecular weight excluding hydrogens is 232 g/mol. The van der Waals surface area contributed by atoms with E-state index in [-0.39, 0.29) is 23.1 Å². The van der Waals surface area contributed by atoms with E-state index in [1.807, 2.05) is 0 Å². The Hall–Kier alpha value is -1.32. The van der Waals surface area contributed by atoms with Gasteiger partial charge in [-0.05, 0) is 18.8 Å². The zero-order valence-corrected chi connectivity index (χ0v) is 10.6. The Morgan fingerprint density at radius 2 is 1.00 bits per heavy atom. The molecule has 0 N–H and O–H groups in total. The van der Waals surface area contributed by atoms with Gasteiger partial charge in [0.15, 0.2) is 0 Å². The Morgan fingerprint density at radius 3 is 1.28 bits per heavy atom. The number of carbonyl (C=O) groups excluding carboxylic acids is 4. The maximum Gasteiger partial charge on any atom is 0.143 e. The van der Waals surface area contributed by atoms with E-state index >= 15 is 0 Å². The summed E-state index contributed by atoms with van der Waals surface area (Å²) in [6, 6.07) is 0. The summed E-state index contributed by atoms with van der Waals surface area (Å²) in [5, 5.41) is 0. The first-order valence-corrected chi connectivity index (χ1v) is 6.63. The van der Waals surface area contributed by atoms with Gasteiger partial charge in [-0.15, -0.1) is 0 Å². The molecule has 2 aliphatic carbocycles. The lowest BCUT2D eigenvalue weighted by atomic mass is 9.68. The molecule has 0 aromatic heterocycles. The molecule has 0 radical (unpaired) electrons. The maximum absolute atomic E-state index is 11.9. The fourth-order valence-electron chi connectivity index (χ4n) is 3.22. The minimum absolute atomic E-state index is 0.0927. The van der Waals surface area contributed by atoms with Gasteiger partial charge in [0, 0.05) is 25.7 Å². The molecule has 4 nitrogen and oxygen atoms in total. The molecule has 2 aliphatic rings. The first kappa shape index (κ1) is 13.1. The molecule has 4 heteroatoms. The second-order valence-electron chi connectivity index (χ2n) is 5.39. The van der Waals surface area contributed by atoms with E-state index in [1.165, 1.54) is 0 Å². The van der Waals surface area contributed by atoms with Gasteiger partial charge in [-0.2, -0.15) is 0 Å². The van der Waals surface area contributed by atoms with Gasteiger partial charge in [0.25, 0.3) is 0 Å². The van der Waals surface area contributed by atoms with Crippen LogP contribution in [0.1, 0.15) is 45.4 Å². The highest BCUT2D eigenvalue weighted by molar-refractivity contribution is 6.09. The van der Waals surface area contributed by atoms with Crippen LogP contribution in [0.5, 0.6) is 0 Å². The fourth-order valence-corrected chi connectivity index (χ4v) is 3.22. The van der Waals surface area contributed by atoms with Crippen molar-refractivity contribution in [3.05, 3.63) is 0 Å². The summed E-state index contributed by atoms with van der Waals surface area (Å²) in [5.74, 6) is -2.28. The van der Waals surface area contributed by atoms with Crippen LogP contribution < -0.4 is 0 Å². The summed E-state index contributed by atoms with van der Waals surface area (Å²) in [5.41, 5.74) is 0. The van der Waals surface area contributed by atoms with Crippen molar-refractivity contribution in [1.29, 1.82) is 0 Å². The summed E-state index contributed by atoms with van der Waals surface area (Å²) in [6.07, 6.45) is 2.80. The average molecular weight is 250 g/mol. The Balaban J connectivity index is 2.20. The van der Waals surface area contributed by atoms with Gasteiger partial charge in [0.05, 0.1) is 11.8 Å². The third-order valence-electron chi connectivity index (χ3n) is 4.13. The van der Waals surface area contributed by atoms with Gasteiger partial charge >= 0.3 is 0 Å². The van der Waals surface area contributed by atoms with Crippen LogP contribution in [-0.2, 0) is 19.2 Å². The SMILES string of the molecule is CC(C1C(=O)CCCC1=O)C1C(=O)CCCC1=O. The minimum atomic E-state index is -0.727. The van der Waals surface area contributed by atoms with Gasteiger partial charge in [0.2, 0.25) is 0 Å². The van der Waals surface area contributed by atoms with E-state index in [2.05, 4.69) is 0 Å². The third-order valence-corrected chi connectivity index (χ3v) is 4.13. The summed E-state index contributed by atoms with van der Waals surface area (Å²) in [6.45, 7) is 1.71. The van der Waals surface area contributed by atoms with E-state index < -0.39 is 17.8 Å². The van der Waals surface area contributed by atoms with Crippen molar-refractivity contribution >= 4 is 23.1 Å². The number of carbonyl (C=O) groups is 4. The highest BCUT2D eigenvalue weighted by atomic mass is 16.2. The lowest BCUT2D eigenvalue weighted by molar-refractivity contribution is -0.143. The third kappa shape index (κ3) is 2.28. The largest absolute Gasteiger partial charge is 0.299 e. The topological polar surface area (TPSA) is 68.3 Å². The predicted octanol–water partition coefficient (Wildman–Crippen LogP) is 1.50. The number of hydrogen-bond acceptors (Lipinski definition) is 4. The van der Waals surface area contributed by atoms with Gasteiger partial charge in [-0.3, -0.25) is 19.2 Å². The van der Waals surface area contributed by atoms with E-state index in [9.17, 15) is 19.2 Å². The molecule has 0 spiro atoms. The van der Waals surface area contributed by atoms with Gasteiger partial charge < -0.3 is 0 Å². The van der Waals surface area contributed by atoms with E-state index in [0.29, 0.717) is 38.5 Å². The van der Waals surface area contributed by atoms with Gasteiger partial charge in [-0.1, -0.05) is 6.92 Å². The molecule has 0 aromatic carbocycles. The smallest absolute Gasteiger partial charge is 0.143 e. The van der Waals surface area contributed by atoms with Gasteiger partial charge in [0.1, 0.15) is 23.1 Å². The minimum Gasteiger partial charge on any atom is -0.299 e. The lowest BCUT2D eigenvalue weighted by Crippen LogP contribution is -2.43. The van der Waals surface area contributed by atoms with E-state index in [0.717, 1.165) is 0 Å². The van der Waals surface area contributed by atoms with Crippen LogP contribution in [0, 0.1) is 17.8 Å². The lowest BCUT2D eigenvalue weighted by Gasteiger charge is -2.31. The molecule has 98 valence electrons. The van der Waals surface area contributed by atoms with E-state index in [1.54, 1.807) is 6.92 Å². The maximum atomic E-state index is 11.9. The Labute approximate surface area is 106 Å². The summed E-state index contributed by atoms with van der Waals surface area (Å²) >= 11 is 0. The van der Waals surface area contributed by atoms with Crippen molar-refractivity contribution in [2.24, 2.45) is 17.8 Å². The first-order valence-electron chi connectivity index (χ1n) is 6.63. The van der Waals surface area contributed by atoms with Crippen LogP contribution in [0.15, 0.2) is 0 Å². The first-order chi connectivity index (χ1) is 8.52. The highest BCUT2D eigenvalue weighted by Gasteiger charge is 2.43. The quantitative estimate of drug-likeness (QED) is 0.696. The zero-order valence-electron chi connectivity index (χ0n) is 10.6.